The van der Waals surface area contributed by atoms with Crippen LogP contribution in [0, 0.1) is 0 Å². The first-order valence-corrected chi connectivity index (χ1v) is 6.50. The van der Waals surface area contributed by atoms with Crippen molar-refractivity contribution in [3.8, 4) is 0 Å². The van der Waals surface area contributed by atoms with Gasteiger partial charge in [-0.15, -0.1) is 0 Å². The Morgan fingerprint density at radius 2 is 2.22 bits per heavy atom. The summed E-state index contributed by atoms with van der Waals surface area (Å²) < 4.78 is 1.91. The van der Waals surface area contributed by atoms with Gasteiger partial charge in [-0.1, -0.05) is 23.7 Å². The van der Waals surface area contributed by atoms with Crippen LogP contribution in [0.4, 0.5) is 0 Å². The van der Waals surface area contributed by atoms with Gasteiger partial charge in [0.1, 0.15) is 0 Å². The predicted molar refractivity (Wildman–Crippen MR) is 74.8 cm³/mol. The molecule has 1 aromatic carbocycles. The molecule has 4 heteroatoms. The van der Waals surface area contributed by atoms with Crippen LogP contribution in [0.5, 0.6) is 0 Å². The fourth-order valence-electron chi connectivity index (χ4n) is 1.96. The summed E-state index contributed by atoms with van der Waals surface area (Å²) in [6, 6.07) is 10.3. The summed E-state index contributed by atoms with van der Waals surface area (Å²) in [5, 5.41) is 8.43. The molecule has 0 fully saturated rings. The number of benzene rings is 1. The molecular weight excluding hydrogens is 246 g/mol. The quantitative estimate of drug-likeness (QED) is 0.899. The van der Waals surface area contributed by atoms with Crippen molar-refractivity contribution >= 4 is 11.6 Å². The maximum Gasteiger partial charge on any atom is 0.0492 e. The van der Waals surface area contributed by atoms with Crippen molar-refractivity contribution in [2.75, 3.05) is 6.54 Å². The lowest BCUT2D eigenvalue weighted by Crippen LogP contribution is -2.22. The van der Waals surface area contributed by atoms with E-state index in [0.717, 1.165) is 18.0 Å². The molecule has 0 aliphatic rings. The predicted octanol–water partition coefficient (Wildman–Crippen LogP) is 2.97. The van der Waals surface area contributed by atoms with E-state index in [1.54, 1.807) is 0 Å². The molecule has 18 heavy (non-hydrogen) atoms. The van der Waals surface area contributed by atoms with Gasteiger partial charge in [0.2, 0.25) is 0 Å². The van der Waals surface area contributed by atoms with Crippen LogP contribution >= 0.6 is 11.6 Å². The molecule has 0 aliphatic heterocycles. The minimum atomic E-state index is 0.303. The summed E-state index contributed by atoms with van der Waals surface area (Å²) in [4.78, 5) is 0. The molecule has 0 aliphatic carbocycles. The number of aryl methyl sites for hydroxylation is 1. The molecule has 0 amide bonds. The molecule has 0 bridgehead atoms. The average Bonchev–Trinajstić information content (AvgIpc) is 2.75. The zero-order chi connectivity index (χ0) is 13.0. The number of halogens is 1. The summed E-state index contributed by atoms with van der Waals surface area (Å²) >= 11 is 5.99. The van der Waals surface area contributed by atoms with Crippen molar-refractivity contribution in [3.63, 3.8) is 0 Å². The van der Waals surface area contributed by atoms with Gasteiger partial charge in [0.25, 0.3) is 0 Å². The Kier molecular flexibility index (Phi) is 4.39. The standard InChI is InChI=1S/C14H18ClN3/c1-11(12-4-3-5-13(15)10-12)16-8-6-14-7-9-17-18(14)2/h3-5,7,9-11,16H,6,8H2,1-2H3. The number of aromatic nitrogens is 2. The summed E-state index contributed by atoms with van der Waals surface area (Å²) in [7, 11) is 1.97. The molecular formula is C14H18ClN3. The molecule has 3 nitrogen and oxygen atoms in total. The maximum atomic E-state index is 5.99. The van der Waals surface area contributed by atoms with Crippen LogP contribution in [-0.4, -0.2) is 16.3 Å². The Morgan fingerprint density at radius 3 is 2.89 bits per heavy atom. The van der Waals surface area contributed by atoms with Crippen LogP contribution < -0.4 is 5.32 Å². The number of nitrogens with zero attached hydrogens (tertiary/aromatic N) is 2. The monoisotopic (exact) mass is 263 g/mol. The van der Waals surface area contributed by atoms with Crippen LogP contribution in [0.1, 0.15) is 24.2 Å². The largest absolute Gasteiger partial charge is 0.310 e. The molecule has 0 saturated heterocycles. The fourth-order valence-corrected chi connectivity index (χ4v) is 2.16. The number of hydrogen-bond donors (Lipinski definition) is 1. The highest BCUT2D eigenvalue weighted by Gasteiger charge is 2.05. The number of hydrogen-bond acceptors (Lipinski definition) is 2. The second-order valence-corrected chi connectivity index (χ2v) is 4.86. The number of nitrogens with one attached hydrogen (secondary N) is 1. The van der Waals surface area contributed by atoms with Crippen LogP contribution in [-0.2, 0) is 13.5 Å². The topological polar surface area (TPSA) is 29.9 Å². The van der Waals surface area contributed by atoms with Gasteiger partial charge >= 0.3 is 0 Å². The third kappa shape index (κ3) is 3.34. The van der Waals surface area contributed by atoms with Gasteiger partial charge in [-0.05, 0) is 30.7 Å². The molecule has 0 radical (unpaired) electrons. The highest BCUT2D eigenvalue weighted by Crippen LogP contribution is 2.17. The summed E-state index contributed by atoms with van der Waals surface area (Å²) in [6.45, 7) is 3.07. The van der Waals surface area contributed by atoms with E-state index in [2.05, 4.69) is 23.4 Å². The molecule has 1 atom stereocenters. The molecule has 1 unspecified atom stereocenters. The van der Waals surface area contributed by atoms with Crippen LogP contribution in [0.15, 0.2) is 36.5 Å². The second kappa shape index (κ2) is 6.03. The molecule has 1 heterocycles. The van der Waals surface area contributed by atoms with E-state index >= 15 is 0 Å². The molecule has 1 aromatic heterocycles. The smallest absolute Gasteiger partial charge is 0.0492 e. The van der Waals surface area contributed by atoms with E-state index in [4.69, 9.17) is 11.6 Å². The minimum Gasteiger partial charge on any atom is -0.310 e. The van der Waals surface area contributed by atoms with Crippen molar-refractivity contribution in [2.45, 2.75) is 19.4 Å². The van der Waals surface area contributed by atoms with Crippen molar-refractivity contribution in [3.05, 3.63) is 52.8 Å². The highest BCUT2D eigenvalue weighted by molar-refractivity contribution is 6.30. The first-order valence-electron chi connectivity index (χ1n) is 6.12. The van der Waals surface area contributed by atoms with Crippen molar-refractivity contribution in [1.82, 2.24) is 15.1 Å². The van der Waals surface area contributed by atoms with E-state index in [-0.39, 0.29) is 0 Å². The molecule has 2 aromatic rings. The van der Waals surface area contributed by atoms with Gasteiger partial charge in [-0.3, -0.25) is 4.68 Å². The molecule has 0 spiro atoms. The van der Waals surface area contributed by atoms with E-state index in [9.17, 15) is 0 Å². The lowest BCUT2D eigenvalue weighted by Gasteiger charge is -2.14. The van der Waals surface area contributed by atoms with E-state index in [1.807, 2.05) is 42.2 Å². The SMILES string of the molecule is CC(NCCc1ccnn1C)c1cccc(Cl)c1. The first kappa shape index (κ1) is 13.1. The molecule has 2 rings (SSSR count). The lowest BCUT2D eigenvalue weighted by molar-refractivity contribution is 0.564. The summed E-state index contributed by atoms with van der Waals surface area (Å²) in [5.74, 6) is 0. The average molecular weight is 264 g/mol. The van der Waals surface area contributed by atoms with Gasteiger partial charge in [0, 0.05) is 43.0 Å². The van der Waals surface area contributed by atoms with Gasteiger partial charge in [0.15, 0.2) is 0 Å². The first-order chi connectivity index (χ1) is 8.66. The Labute approximate surface area is 113 Å². The Balaban J connectivity index is 1.85. The van der Waals surface area contributed by atoms with Crippen LogP contribution in [0.25, 0.3) is 0 Å². The zero-order valence-corrected chi connectivity index (χ0v) is 11.5. The Hall–Kier alpha value is -1.32. The minimum absolute atomic E-state index is 0.303. The van der Waals surface area contributed by atoms with E-state index in [1.165, 1.54) is 11.3 Å². The summed E-state index contributed by atoms with van der Waals surface area (Å²) in [6.07, 6.45) is 2.80. The Morgan fingerprint density at radius 1 is 1.39 bits per heavy atom. The molecule has 96 valence electrons. The van der Waals surface area contributed by atoms with Crippen LogP contribution in [0.2, 0.25) is 5.02 Å². The van der Waals surface area contributed by atoms with Gasteiger partial charge < -0.3 is 5.32 Å². The number of rotatable bonds is 5. The maximum absolute atomic E-state index is 5.99. The van der Waals surface area contributed by atoms with Crippen molar-refractivity contribution in [2.24, 2.45) is 7.05 Å². The second-order valence-electron chi connectivity index (χ2n) is 4.43. The van der Waals surface area contributed by atoms with Gasteiger partial charge in [0.05, 0.1) is 0 Å². The van der Waals surface area contributed by atoms with E-state index in [0.29, 0.717) is 6.04 Å². The molecule has 1 N–H and O–H groups in total. The van der Waals surface area contributed by atoms with Crippen LogP contribution in [0.3, 0.4) is 0 Å². The van der Waals surface area contributed by atoms with Crippen molar-refractivity contribution in [1.29, 1.82) is 0 Å². The molecule has 0 saturated carbocycles. The highest BCUT2D eigenvalue weighted by atomic mass is 35.5. The third-order valence-corrected chi connectivity index (χ3v) is 3.34. The van der Waals surface area contributed by atoms with Gasteiger partial charge in [-0.2, -0.15) is 5.10 Å². The van der Waals surface area contributed by atoms with Crippen molar-refractivity contribution < 1.29 is 0 Å². The normalized spacial score (nSPS) is 12.6. The fraction of sp³-hybridized carbons (Fsp3) is 0.357. The van der Waals surface area contributed by atoms with E-state index < -0.39 is 0 Å². The zero-order valence-electron chi connectivity index (χ0n) is 10.7. The third-order valence-electron chi connectivity index (χ3n) is 3.10. The lowest BCUT2D eigenvalue weighted by atomic mass is 10.1. The van der Waals surface area contributed by atoms with Gasteiger partial charge in [-0.25, -0.2) is 0 Å². The Bertz CT molecular complexity index is 507. The summed E-state index contributed by atoms with van der Waals surface area (Å²) in [5.41, 5.74) is 2.45.